The molecule has 0 N–H and O–H groups in total. The number of carbonyl (C=O) groups is 3. The van der Waals surface area contributed by atoms with Gasteiger partial charge in [0, 0.05) is 19.3 Å². The summed E-state index contributed by atoms with van der Waals surface area (Å²) in [6.07, 6.45) is 90.4. The fourth-order valence-corrected chi connectivity index (χ4v) is 11.5. The summed E-state index contributed by atoms with van der Waals surface area (Å²) in [6, 6.07) is 0. The van der Waals surface area contributed by atoms with E-state index in [4.69, 9.17) is 14.2 Å². The summed E-state index contributed by atoms with van der Waals surface area (Å²) in [7, 11) is 0. The van der Waals surface area contributed by atoms with Crippen molar-refractivity contribution in [1.82, 2.24) is 0 Å². The average molecular weight is 1170 g/mol. The molecule has 488 valence electrons. The lowest BCUT2D eigenvalue weighted by atomic mass is 10.0. The molecule has 0 aromatic rings. The van der Waals surface area contributed by atoms with E-state index in [9.17, 15) is 14.4 Å². The molecule has 0 aromatic carbocycles. The molecule has 0 bridgehead atoms. The van der Waals surface area contributed by atoms with Crippen molar-refractivity contribution < 1.29 is 28.6 Å². The van der Waals surface area contributed by atoms with Gasteiger partial charge in [-0.25, -0.2) is 0 Å². The molecule has 0 aliphatic heterocycles. The van der Waals surface area contributed by atoms with Gasteiger partial charge in [-0.1, -0.05) is 359 Å². The van der Waals surface area contributed by atoms with Crippen LogP contribution in [-0.2, 0) is 28.6 Å². The van der Waals surface area contributed by atoms with Crippen LogP contribution in [-0.4, -0.2) is 37.2 Å². The smallest absolute Gasteiger partial charge is 0.306 e. The van der Waals surface area contributed by atoms with E-state index in [1.54, 1.807) is 0 Å². The maximum absolute atomic E-state index is 13.0. The Morgan fingerprint density at radius 3 is 0.687 bits per heavy atom. The molecule has 0 heterocycles. The van der Waals surface area contributed by atoms with Gasteiger partial charge in [-0.2, -0.15) is 0 Å². The molecule has 0 aromatic heterocycles. The highest BCUT2D eigenvalue weighted by molar-refractivity contribution is 5.71. The number of rotatable bonds is 70. The molecule has 0 aliphatic carbocycles. The largest absolute Gasteiger partial charge is 0.462 e. The molecule has 0 saturated carbocycles. The van der Waals surface area contributed by atoms with Crippen molar-refractivity contribution in [2.24, 2.45) is 0 Å². The molecule has 1 unspecified atom stereocenters. The van der Waals surface area contributed by atoms with Crippen LogP contribution in [0.5, 0.6) is 0 Å². The van der Waals surface area contributed by atoms with Crippen LogP contribution in [0.15, 0.2) is 36.5 Å². The van der Waals surface area contributed by atoms with Gasteiger partial charge in [0.2, 0.25) is 0 Å². The van der Waals surface area contributed by atoms with Crippen molar-refractivity contribution in [3.05, 3.63) is 36.5 Å². The number of hydrogen-bond donors (Lipinski definition) is 0. The highest BCUT2D eigenvalue weighted by atomic mass is 16.6. The molecule has 0 spiro atoms. The highest BCUT2D eigenvalue weighted by Gasteiger charge is 2.20. The van der Waals surface area contributed by atoms with Gasteiger partial charge in [0.15, 0.2) is 6.10 Å². The normalized spacial score (nSPS) is 12.2. The number of allylic oxidation sites excluding steroid dienone is 6. The number of unbranched alkanes of at least 4 members (excludes halogenated alkanes) is 53. The predicted molar refractivity (Wildman–Crippen MR) is 362 cm³/mol. The number of carbonyl (C=O) groups excluding carboxylic acids is 3. The van der Waals surface area contributed by atoms with Crippen LogP contribution in [0.4, 0.5) is 0 Å². The molecule has 1 atom stereocenters. The Kier molecular flexibility index (Phi) is 70.0. The van der Waals surface area contributed by atoms with Crippen molar-refractivity contribution in [1.29, 1.82) is 0 Å². The number of esters is 3. The lowest BCUT2D eigenvalue weighted by Gasteiger charge is -2.18. The Bertz CT molecular complexity index is 1380. The molecule has 0 amide bonds. The monoisotopic (exact) mass is 1170 g/mol. The number of hydrogen-bond acceptors (Lipinski definition) is 6. The third kappa shape index (κ3) is 70.3. The zero-order valence-electron chi connectivity index (χ0n) is 56.2. The maximum Gasteiger partial charge on any atom is 0.306 e. The minimum absolute atomic E-state index is 0.0694. The van der Waals surface area contributed by atoms with E-state index in [1.165, 1.54) is 308 Å². The first-order valence-electron chi connectivity index (χ1n) is 37.5. The number of ether oxygens (including phenoxy) is 3. The van der Waals surface area contributed by atoms with Gasteiger partial charge in [0.25, 0.3) is 0 Å². The first-order valence-corrected chi connectivity index (χ1v) is 37.5. The summed E-state index contributed by atoms with van der Waals surface area (Å²) in [5.74, 6) is -0.844. The van der Waals surface area contributed by atoms with Crippen LogP contribution in [0.1, 0.15) is 419 Å². The van der Waals surface area contributed by atoms with Crippen molar-refractivity contribution >= 4 is 17.9 Å². The maximum atomic E-state index is 13.0. The molecule has 0 saturated heterocycles. The summed E-state index contributed by atoms with van der Waals surface area (Å²) in [5, 5.41) is 0. The van der Waals surface area contributed by atoms with Gasteiger partial charge in [-0.05, 0) is 77.0 Å². The van der Waals surface area contributed by atoms with Crippen LogP contribution in [0.25, 0.3) is 0 Å². The van der Waals surface area contributed by atoms with Crippen molar-refractivity contribution in [3.8, 4) is 0 Å². The van der Waals surface area contributed by atoms with Gasteiger partial charge in [-0.3, -0.25) is 14.4 Å². The molecule has 0 rings (SSSR count). The highest BCUT2D eigenvalue weighted by Crippen LogP contribution is 2.19. The van der Waals surface area contributed by atoms with Gasteiger partial charge in [0.05, 0.1) is 0 Å². The van der Waals surface area contributed by atoms with E-state index in [-0.39, 0.29) is 31.1 Å². The Hall–Kier alpha value is -2.37. The molecule has 6 heteroatoms. The predicted octanol–water partition coefficient (Wildman–Crippen LogP) is 25.9. The molecular weight excluding hydrogens is 1020 g/mol. The Labute approximate surface area is 518 Å². The van der Waals surface area contributed by atoms with E-state index in [1.807, 2.05) is 0 Å². The zero-order chi connectivity index (χ0) is 59.9. The summed E-state index contributed by atoms with van der Waals surface area (Å²) >= 11 is 0. The van der Waals surface area contributed by atoms with E-state index < -0.39 is 6.10 Å². The summed E-state index contributed by atoms with van der Waals surface area (Å²) < 4.78 is 17.0. The second kappa shape index (κ2) is 72.1. The lowest BCUT2D eigenvalue weighted by molar-refractivity contribution is -0.167. The fraction of sp³-hybridized carbons (Fsp3) is 0.883. The third-order valence-corrected chi connectivity index (χ3v) is 17.1. The third-order valence-electron chi connectivity index (χ3n) is 17.1. The lowest BCUT2D eigenvalue weighted by Crippen LogP contribution is -2.30. The first kappa shape index (κ1) is 80.6. The van der Waals surface area contributed by atoms with Crippen molar-refractivity contribution in [3.63, 3.8) is 0 Å². The van der Waals surface area contributed by atoms with Crippen molar-refractivity contribution in [2.75, 3.05) is 13.2 Å². The van der Waals surface area contributed by atoms with Crippen LogP contribution < -0.4 is 0 Å². The second-order valence-electron chi connectivity index (χ2n) is 25.6. The Morgan fingerprint density at radius 2 is 0.434 bits per heavy atom. The Balaban J connectivity index is 4.29. The standard InChI is InChI=1S/C77H144O6/c1-4-7-10-13-16-19-22-25-28-31-34-36-38-39-40-42-43-46-49-52-55-58-61-64-67-70-76(79)82-73-74(72-81-75(78)69-66-63-60-57-54-51-48-45-33-30-27-24-21-18-15-12-9-6-3)83-77(80)71-68-65-62-59-56-53-50-47-44-41-37-35-32-29-26-23-20-17-14-11-8-5-2/h21,24,30-31,33-34,74H,4-20,22-23,25-29,32,35-73H2,1-3H3/b24-21-,33-30-,34-31-. The summed E-state index contributed by atoms with van der Waals surface area (Å²) in [5.41, 5.74) is 0. The minimum atomic E-state index is -0.775. The summed E-state index contributed by atoms with van der Waals surface area (Å²) in [6.45, 7) is 6.71. The average Bonchev–Trinajstić information content (AvgIpc) is 3.49. The second-order valence-corrected chi connectivity index (χ2v) is 25.6. The van der Waals surface area contributed by atoms with Gasteiger partial charge in [-0.15, -0.1) is 0 Å². The molecule has 83 heavy (non-hydrogen) atoms. The first-order chi connectivity index (χ1) is 41.0. The van der Waals surface area contributed by atoms with Crippen molar-refractivity contribution in [2.45, 2.75) is 425 Å². The molecule has 6 nitrogen and oxygen atoms in total. The molecule has 0 fully saturated rings. The SMILES string of the molecule is CCCCCC/C=C\C/C=C\CCCCCCCCCC(=O)OCC(COC(=O)CCCCCCCCCCCCCCC/C=C\CCCCCCCCCC)OC(=O)CCCCCCCCCCCCCCCCCCCCCCCC. The van der Waals surface area contributed by atoms with Crippen LogP contribution in [0.2, 0.25) is 0 Å². The van der Waals surface area contributed by atoms with E-state index in [0.29, 0.717) is 19.3 Å². The zero-order valence-corrected chi connectivity index (χ0v) is 56.2. The molecular formula is C77H144O6. The quantitative estimate of drug-likeness (QED) is 0.0261. The van der Waals surface area contributed by atoms with Gasteiger partial charge >= 0.3 is 17.9 Å². The molecule has 0 aliphatic rings. The fourth-order valence-electron chi connectivity index (χ4n) is 11.5. The Morgan fingerprint density at radius 1 is 0.241 bits per heavy atom. The van der Waals surface area contributed by atoms with Crippen LogP contribution in [0, 0.1) is 0 Å². The summed E-state index contributed by atoms with van der Waals surface area (Å²) in [4.78, 5) is 38.6. The van der Waals surface area contributed by atoms with E-state index in [2.05, 4.69) is 57.2 Å². The minimum Gasteiger partial charge on any atom is -0.462 e. The topological polar surface area (TPSA) is 78.9 Å². The van der Waals surface area contributed by atoms with E-state index >= 15 is 0 Å². The van der Waals surface area contributed by atoms with Crippen LogP contribution in [0.3, 0.4) is 0 Å². The molecule has 0 radical (unpaired) electrons. The van der Waals surface area contributed by atoms with Gasteiger partial charge < -0.3 is 14.2 Å². The van der Waals surface area contributed by atoms with Crippen LogP contribution >= 0.6 is 0 Å². The van der Waals surface area contributed by atoms with Gasteiger partial charge in [0.1, 0.15) is 13.2 Å². The van der Waals surface area contributed by atoms with E-state index in [0.717, 1.165) is 70.6 Å².